The molecule has 14 nitrogen and oxygen atoms in total. The average molecular weight is 643 g/mol. The number of hydrogen-bond acceptors (Lipinski definition) is 9. The van der Waals surface area contributed by atoms with Crippen molar-refractivity contribution in [3.8, 4) is 16.9 Å². The summed E-state index contributed by atoms with van der Waals surface area (Å²) in [4.78, 5) is 45.0. The summed E-state index contributed by atoms with van der Waals surface area (Å²) >= 11 is 12.7. The van der Waals surface area contributed by atoms with Crippen LogP contribution in [0.1, 0.15) is 30.8 Å². The van der Waals surface area contributed by atoms with Gasteiger partial charge in [0.15, 0.2) is 0 Å². The molecule has 4 rings (SSSR count). The number of nitrogens with one attached hydrogen (secondary N) is 4. The third-order valence-electron chi connectivity index (χ3n) is 6.08. The highest BCUT2D eigenvalue weighted by atomic mass is 35.5. The lowest BCUT2D eigenvalue weighted by molar-refractivity contribution is -0.122. The third kappa shape index (κ3) is 8.86. The van der Waals surface area contributed by atoms with Crippen LogP contribution in [0.3, 0.4) is 0 Å². The van der Waals surface area contributed by atoms with Crippen molar-refractivity contribution < 1.29 is 23.9 Å². The molecule has 0 saturated carbocycles. The summed E-state index contributed by atoms with van der Waals surface area (Å²) in [5.41, 5.74) is 2.72. The first-order valence-electron chi connectivity index (χ1n) is 13.3. The molecule has 4 N–H and O–H groups in total. The molecular formula is C28H29Cl2N9O5. The second kappa shape index (κ2) is 15.6. The van der Waals surface area contributed by atoms with Crippen LogP contribution < -0.4 is 16.0 Å². The van der Waals surface area contributed by atoms with Gasteiger partial charge in [-0.1, -0.05) is 35.3 Å². The van der Waals surface area contributed by atoms with Gasteiger partial charge in [0.1, 0.15) is 23.0 Å². The SMILES string of the molecule is CCOCCNC(=O)C[C@H](NC(=O)C=Cc1cc(Cl)ccc1-n1cnnn1)c1nc(-c2ccc(NC(=O)OC)cc2)c(Cl)[nH]1. The highest BCUT2D eigenvalue weighted by Gasteiger charge is 2.23. The maximum Gasteiger partial charge on any atom is 0.411 e. The fourth-order valence-corrected chi connectivity index (χ4v) is 4.44. The van der Waals surface area contributed by atoms with E-state index in [4.69, 9.17) is 27.9 Å². The maximum atomic E-state index is 13.1. The number of imidazole rings is 1. The Hall–Kier alpha value is -4.79. The van der Waals surface area contributed by atoms with E-state index in [9.17, 15) is 14.4 Å². The Morgan fingerprint density at radius 3 is 2.64 bits per heavy atom. The molecule has 2 aromatic carbocycles. The molecule has 0 radical (unpaired) electrons. The number of carbonyl (C=O) groups is 3. The Morgan fingerprint density at radius 1 is 1.14 bits per heavy atom. The number of anilines is 1. The van der Waals surface area contributed by atoms with Gasteiger partial charge in [0.05, 0.1) is 31.9 Å². The van der Waals surface area contributed by atoms with E-state index in [2.05, 4.69) is 46.2 Å². The minimum Gasteiger partial charge on any atom is -0.453 e. The molecule has 0 aliphatic heterocycles. The van der Waals surface area contributed by atoms with E-state index in [0.29, 0.717) is 53.0 Å². The molecule has 4 aromatic rings. The smallest absolute Gasteiger partial charge is 0.411 e. The Morgan fingerprint density at radius 2 is 1.93 bits per heavy atom. The molecule has 0 saturated heterocycles. The minimum absolute atomic E-state index is 0.135. The van der Waals surface area contributed by atoms with Crippen LogP contribution >= 0.6 is 23.2 Å². The van der Waals surface area contributed by atoms with Crippen LogP contribution in [-0.4, -0.2) is 75.0 Å². The number of nitrogens with zero attached hydrogens (tertiary/aromatic N) is 5. The van der Waals surface area contributed by atoms with E-state index in [1.807, 2.05) is 6.92 Å². The van der Waals surface area contributed by atoms with E-state index in [-0.39, 0.29) is 23.3 Å². The van der Waals surface area contributed by atoms with E-state index in [1.54, 1.807) is 48.5 Å². The molecule has 3 amide bonds. The molecule has 2 aromatic heterocycles. The Balaban J connectivity index is 1.55. The van der Waals surface area contributed by atoms with Crippen molar-refractivity contribution in [2.45, 2.75) is 19.4 Å². The van der Waals surface area contributed by atoms with Gasteiger partial charge in [-0.2, -0.15) is 4.68 Å². The van der Waals surface area contributed by atoms with Crippen LogP contribution in [0.15, 0.2) is 54.9 Å². The number of hydrogen-bond donors (Lipinski definition) is 4. The zero-order valence-electron chi connectivity index (χ0n) is 23.7. The number of aromatic nitrogens is 6. The summed E-state index contributed by atoms with van der Waals surface area (Å²) in [6, 6.07) is 10.9. The molecule has 0 aliphatic rings. The zero-order valence-corrected chi connectivity index (χ0v) is 25.2. The first-order chi connectivity index (χ1) is 21.3. The third-order valence-corrected chi connectivity index (χ3v) is 6.59. The van der Waals surface area contributed by atoms with Crippen LogP contribution in [-0.2, 0) is 19.1 Å². The summed E-state index contributed by atoms with van der Waals surface area (Å²) < 4.78 is 11.3. The molecule has 16 heteroatoms. The number of methoxy groups -OCH3 is 1. The largest absolute Gasteiger partial charge is 0.453 e. The summed E-state index contributed by atoms with van der Waals surface area (Å²) in [7, 11) is 1.27. The number of aromatic amines is 1. The standard InChI is InChI=1S/C28H29Cl2N9O5/c1-3-44-13-12-31-24(41)15-21(27-35-25(26(30)36-27)17-4-8-20(9-5-17)33-28(42)43-2)34-23(40)11-6-18-14-19(29)7-10-22(18)39-16-32-37-38-39/h4-11,14,16,21H,3,12-13,15H2,1-2H3,(H,31,41)(H,33,42)(H,34,40)(H,35,36)/t21-/m0/s1. The quantitative estimate of drug-likeness (QED) is 0.124. The maximum absolute atomic E-state index is 13.1. The van der Waals surface area contributed by atoms with Crippen LogP contribution in [0.25, 0.3) is 23.0 Å². The number of rotatable bonds is 13. The van der Waals surface area contributed by atoms with Crippen molar-refractivity contribution in [2.75, 3.05) is 32.2 Å². The molecule has 230 valence electrons. The van der Waals surface area contributed by atoms with E-state index in [1.165, 1.54) is 24.2 Å². The highest BCUT2D eigenvalue weighted by Crippen LogP contribution is 2.29. The highest BCUT2D eigenvalue weighted by molar-refractivity contribution is 6.32. The molecule has 0 spiro atoms. The van der Waals surface area contributed by atoms with Gasteiger partial charge < -0.3 is 25.1 Å². The number of H-pyrrole nitrogens is 1. The van der Waals surface area contributed by atoms with Crippen LogP contribution in [0.5, 0.6) is 0 Å². The molecule has 0 aliphatic carbocycles. The lowest BCUT2D eigenvalue weighted by atomic mass is 10.1. The van der Waals surface area contributed by atoms with E-state index >= 15 is 0 Å². The summed E-state index contributed by atoms with van der Waals surface area (Å²) in [5.74, 6) is -0.574. The van der Waals surface area contributed by atoms with Crippen LogP contribution in [0, 0.1) is 0 Å². The van der Waals surface area contributed by atoms with E-state index < -0.39 is 18.0 Å². The lowest BCUT2D eigenvalue weighted by Gasteiger charge is -2.16. The molecule has 0 fully saturated rings. The van der Waals surface area contributed by atoms with E-state index in [0.717, 1.165) is 0 Å². The van der Waals surface area contributed by atoms with Crippen LogP contribution in [0.4, 0.5) is 10.5 Å². The molecule has 2 heterocycles. The van der Waals surface area contributed by atoms with Crippen molar-refractivity contribution >= 4 is 52.9 Å². The molecule has 0 unspecified atom stereocenters. The Bertz CT molecular complexity index is 1610. The second-order valence-electron chi connectivity index (χ2n) is 9.08. The van der Waals surface area contributed by atoms with Crippen molar-refractivity contribution in [1.29, 1.82) is 0 Å². The number of carbonyl (C=O) groups excluding carboxylic acids is 3. The number of tetrazole rings is 1. The average Bonchev–Trinajstić information content (AvgIpc) is 3.69. The van der Waals surface area contributed by atoms with Gasteiger partial charge in [0.2, 0.25) is 11.8 Å². The van der Waals surface area contributed by atoms with Gasteiger partial charge in [-0.25, -0.2) is 9.78 Å². The topological polar surface area (TPSA) is 178 Å². The van der Waals surface area contributed by atoms with Crippen molar-refractivity contribution in [1.82, 2.24) is 40.8 Å². The summed E-state index contributed by atoms with van der Waals surface area (Å²) in [5, 5.41) is 20.0. The van der Waals surface area contributed by atoms with Gasteiger partial charge in [0, 0.05) is 41.1 Å². The van der Waals surface area contributed by atoms with Gasteiger partial charge in [-0.05, 0) is 53.8 Å². The summed E-state index contributed by atoms with van der Waals surface area (Å²) in [6.07, 6.45) is 3.54. The molecule has 44 heavy (non-hydrogen) atoms. The second-order valence-corrected chi connectivity index (χ2v) is 9.90. The predicted molar refractivity (Wildman–Crippen MR) is 163 cm³/mol. The number of ether oxygens (including phenoxy) is 2. The number of halogens is 2. The van der Waals surface area contributed by atoms with Crippen molar-refractivity contribution in [3.63, 3.8) is 0 Å². The fourth-order valence-electron chi connectivity index (χ4n) is 4.01. The Kier molecular flexibility index (Phi) is 11.4. The first kappa shape index (κ1) is 32.1. The predicted octanol–water partition coefficient (Wildman–Crippen LogP) is 3.95. The minimum atomic E-state index is -0.871. The lowest BCUT2D eigenvalue weighted by Crippen LogP contribution is -2.34. The van der Waals surface area contributed by atoms with Gasteiger partial charge in [-0.3, -0.25) is 14.9 Å². The first-order valence-corrected chi connectivity index (χ1v) is 14.1. The van der Waals surface area contributed by atoms with Crippen LogP contribution in [0.2, 0.25) is 10.2 Å². The number of benzene rings is 2. The van der Waals surface area contributed by atoms with Crippen molar-refractivity contribution in [3.05, 3.63) is 76.4 Å². The molecule has 1 atom stereocenters. The monoisotopic (exact) mass is 641 g/mol. The van der Waals surface area contributed by atoms with Gasteiger partial charge >= 0.3 is 6.09 Å². The van der Waals surface area contributed by atoms with Gasteiger partial charge in [-0.15, -0.1) is 5.10 Å². The Labute approximate surface area is 262 Å². The number of amides is 3. The normalized spacial score (nSPS) is 11.7. The zero-order chi connectivity index (χ0) is 31.5. The molecule has 0 bridgehead atoms. The molecular weight excluding hydrogens is 613 g/mol. The fraction of sp³-hybridized carbons (Fsp3) is 0.250. The van der Waals surface area contributed by atoms with Gasteiger partial charge in [0.25, 0.3) is 0 Å². The summed E-state index contributed by atoms with van der Waals surface area (Å²) in [6.45, 7) is 3.04. The van der Waals surface area contributed by atoms with Crippen molar-refractivity contribution in [2.24, 2.45) is 0 Å².